The van der Waals surface area contributed by atoms with Crippen LogP contribution in [0, 0.1) is 0 Å². The molecule has 0 saturated carbocycles. The summed E-state index contributed by atoms with van der Waals surface area (Å²) in [6.45, 7) is 2.00. The Labute approximate surface area is 125 Å². The molecule has 1 fully saturated rings. The number of carbonyl (C=O) groups excluding carboxylic acids is 1. The van der Waals surface area contributed by atoms with E-state index in [-0.39, 0.29) is 5.97 Å². The molecule has 1 aromatic rings. The Hall–Kier alpha value is -2.10. The molecule has 110 valence electrons. The molecule has 0 bridgehead atoms. The average molecular weight is 284 g/mol. The fraction of sp³-hybridized carbons (Fsp3) is 0.412. The van der Waals surface area contributed by atoms with E-state index < -0.39 is 0 Å². The molecule has 0 atom stereocenters. The van der Waals surface area contributed by atoms with Gasteiger partial charge < -0.3 is 9.74 Å². The zero-order valence-electron chi connectivity index (χ0n) is 12.1. The molecule has 4 heteroatoms. The lowest BCUT2D eigenvalue weighted by Crippen LogP contribution is -2.24. The summed E-state index contributed by atoms with van der Waals surface area (Å²) in [6, 6.07) is 9.72. The van der Waals surface area contributed by atoms with Crippen molar-refractivity contribution in [1.82, 2.24) is 4.90 Å². The lowest BCUT2D eigenvalue weighted by molar-refractivity contribution is -0.136. The molecule has 0 aromatic heterocycles. The van der Waals surface area contributed by atoms with Crippen molar-refractivity contribution in [2.75, 3.05) is 13.1 Å². The maximum absolute atomic E-state index is 12.0. The first-order chi connectivity index (χ1) is 10.3. The second-order valence-electron chi connectivity index (χ2n) is 5.53. The van der Waals surface area contributed by atoms with Gasteiger partial charge in [0, 0.05) is 24.9 Å². The first-order valence-electron chi connectivity index (χ1n) is 7.65. The standard InChI is InChI=1S/C17H20N2O2/c20-17-15(13-19-11-7-2-1-3-8-12-19)16(18-21-17)14-9-5-4-6-10-14/h4-6,9-10,13H,1-3,7-8,11-12H2. The summed E-state index contributed by atoms with van der Waals surface area (Å²) in [5.74, 6) is -0.351. The van der Waals surface area contributed by atoms with Crippen LogP contribution < -0.4 is 0 Å². The van der Waals surface area contributed by atoms with Crippen LogP contribution >= 0.6 is 0 Å². The van der Waals surface area contributed by atoms with Crippen LogP contribution in [0.2, 0.25) is 0 Å². The van der Waals surface area contributed by atoms with Gasteiger partial charge in [-0.05, 0) is 12.8 Å². The number of hydrogen-bond donors (Lipinski definition) is 0. The first-order valence-corrected chi connectivity index (χ1v) is 7.65. The normalized spacial score (nSPS) is 21.7. The summed E-state index contributed by atoms with van der Waals surface area (Å²) in [5, 5.41) is 3.95. The van der Waals surface area contributed by atoms with Crippen LogP contribution in [-0.2, 0) is 9.63 Å². The molecule has 0 aliphatic carbocycles. The summed E-state index contributed by atoms with van der Waals surface area (Å²) in [5.41, 5.74) is 2.13. The lowest BCUT2D eigenvalue weighted by atomic mass is 10.0. The molecule has 2 aliphatic heterocycles. The van der Waals surface area contributed by atoms with E-state index in [1.54, 1.807) is 0 Å². The highest BCUT2D eigenvalue weighted by Crippen LogP contribution is 2.20. The van der Waals surface area contributed by atoms with Crippen molar-refractivity contribution in [3.05, 3.63) is 47.7 Å². The minimum atomic E-state index is -0.351. The van der Waals surface area contributed by atoms with E-state index in [4.69, 9.17) is 4.84 Å². The van der Waals surface area contributed by atoms with Gasteiger partial charge in [0.25, 0.3) is 0 Å². The second kappa shape index (κ2) is 6.57. The van der Waals surface area contributed by atoms with Gasteiger partial charge in [-0.1, -0.05) is 54.8 Å². The van der Waals surface area contributed by atoms with E-state index in [9.17, 15) is 4.79 Å². The number of hydrogen-bond acceptors (Lipinski definition) is 4. The Morgan fingerprint density at radius 3 is 2.38 bits per heavy atom. The molecule has 21 heavy (non-hydrogen) atoms. The number of carbonyl (C=O) groups is 1. The molecule has 2 heterocycles. The molecule has 1 saturated heterocycles. The van der Waals surface area contributed by atoms with Crippen molar-refractivity contribution < 1.29 is 9.63 Å². The van der Waals surface area contributed by atoms with Crippen LogP contribution in [0.5, 0.6) is 0 Å². The highest BCUT2D eigenvalue weighted by Gasteiger charge is 2.27. The summed E-state index contributed by atoms with van der Waals surface area (Å²) < 4.78 is 0. The van der Waals surface area contributed by atoms with E-state index in [1.165, 1.54) is 32.1 Å². The zero-order chi connectivity index (χ0) is 14.5. The Morgan fingerprint density at radius 2 is 1.67 bits per heavy atom. The Kier molecular flexibility index (Phi) is 4.34. The predicted molar refractivity (Wildman–Crippen MR) is 81.8 cm³/mol. The van der Waals surface area contributed by atoms with Gasteiger partial charge in [-0.2, -0.15) is 0 Å². The van der Waals surface area contributed by atoms with Gasteiger partial charge in [0.2, 0.25) is 0 Å². The number of benzene rings is 1. The monoisotopic (exact) mass is 284 g/mol. The van der Waals surface area contributed by atoms with Crippen LogP contribution in [0.1, 0.15) is 37.7 Å². The van der Waals surface area contributed by atoms with Crippen molar-refractivity contribution in [1.29, 1.82) is 0 Å². The highest BCUT2D eigenvalue weighted by atomic mass is 16.7. The van der Waals surface area contributed by atoms with Gasteiger partial charge in [-0.3, -0.25) is 0 Å². The fourth-order valence-corrected chi connectivity index (χ4v) is 2.78. The van der Waals surface area contributed by atoms with Gasteiger partial charge in [-0.15, -0.1) is 0 Å². The summed E-state index contributed by atoms with van der Waals surface area (Å²) in [6.07, 6.45) is 8.15. The van der Waals surface area contributed by atoms with Crippen LogP contribution in [0.15, 0.2) is 47.3 Å². The Morgan fingerprint density at radius 1 is 1.00 bits per heavy atom. The van der Waals surface area contributed by atoms with Gasteiger partial charge in [0.15, 0.2) is 0 Å². The van der Waals surface area contributed by atoms with Gasteiger partial charge >= 0.3 is 5.97 Å². The summed E-state index contributed by atoms with van der Waals surface area (Å²) in [4.78, 5) is 19.1. The topological polar surface area (TPSA) is 41.9 Å². The van der Waals surface area contributed by atoms with Crippen LogP contribution in [-0.4, -0.2) is 29.7 Å². The lowest BCUT2D eigenvalue weighted by Gasteiger charge is -2.23. The molecular weight excluding hydrogens is 264 g/mol. The number of rotatable bonds is 2. The predicted octanol–water partition coefficient (Wildman–Crippen LogP) is 3.10. The molecule has 0 amide bonds. The van der Waals surface area contributed by atoms with Crippen molar-refractivity contribution in [3.63, 3.8) is 0 Å². The largest absolute Gasteiger partial charge is 0.377 e. The number of oxime groups is 1. The van der Waals surface area contributed by atoms with Crippen molar-refractivity contribution in [2.24, 2.45) is 5.16 Å². The van der Waals surface area contributed by atoms with Crippen molar-refractivity contribution in [2.45, 2.75) is 32.1 Å². The molecule has 4 nitrogen and oxygen atoms in total. The third kappa shape index (κ3) is 3.32. The molecule has 3 rings (SSSR count). The quantitative estimate of drug-likeness (QED) is 0.619. The third-order valence-electron chi connectivity index (χ3n) is 3.94. The molecular formula is C17H20N2O2. The number of nitrogens with zero attached hydrogens (tertiary/aromatic N) is 2. The maximum atomic E-state index is 12.0. The SMILES string of the molecule is O=C1ON=C(c2ccccc2)C1=CN1CCCCCCC1. The van der Waals surface area contributed by atoms with Crippen LogP contribution in [0.4, 0.5) is 0 Å². The van der Waals surface area contributed by atoms with E-state index in [2.05, 4.69) is 10.1 Å². The average Bonchev–Trinajstić information content (AvgIpc) is 2.84. The Bertz CT molecular complexity index is 555. The molecule has 0 N–H and O–H groups in total. The highest BCUT2D eigenvalue weighted by molar-refractivity contribution is 6.28. The van der Waals surface area contributed by atoms with Crippen molar-refractivity contribution in [3.8, 4) is 0 Å². The molecule has 0 spiro atoms. The Balaban J connectivity index is 1.82. The van der Waals surface area contributed by atoms with Crippen LogP contribution in [0.25, 0.3) is 0 Å². The smallest absolute Gasteiger partial charge is 0.369 e. The van der Waals surface area contributed by atoms with E-state index in [1.807, 2.05) is 36.5 Å². The summed E-state index contributed by atoms with van der Waals surface area (Å²) >= 11 is 0. The molecule has 1 aromatic carbocycles. The van der Waals surface area contributed by atoms with Crippen molar-refractivity contribution >= 4 is 11.7 Å². The minimum Gasteiger partial charge on any atom is -0.377 e. The van der Waals surface area contributed by atoms with E-state index in [0.29, 0.717) is 11.3 Å². The van der Waals surface area contributed by atoms with E-state index >= 15 is 0 Å². The zero-order valence-corrected chi connectivity index (χ0v) is 12.1. The third-order valence-corrected chi connectivity index (χ3v) is 3.94. The number of likely N-dealkylation sites (tertiary alicyclic amines) is 1. The minimum absolute atomic E-state index is 0.351. The second-order valence-corrected chi connectivity index (χ2v) is 5.53. The fourth-order valence-electron chi connectivity index (χ4n) is 2.78. The van der Waals surface area contributed by atoms with Crippen LogP contribution in [0.3, 0.4) is 0 Å². The maximum Gasteiger partial charge on any atom is 0.369 e. The first kappa shape index (κ1) is 13.9. The van der Waals surface area contributed by atoms with E-state index in [0.717, 1.165) is 18.7 Å². The van der Waals surface area contributed by atoms with Gasteiger partial charge in [0.1, 0.15) is 11.3 Å². The molecule has 0 radical (unpaired) electrons. The molecule has 2 aliphatic rings. The van der Waals surface area contributed by atoms with Gasteiger partial charge in [0.05, 0.1) is 0 Å². The van der Waals surface area contributed by atoms with Gasteiger partial charge in [-0.25, -0.2) is 4.79 Å². The summed E-state index contributed by atoms with van der Waals surface area (Å²) in [7, 11) is 0. The molecule has 0 unspecified atom stereocenters.